The molecule has 0 radical (unpaired) electrons. The van der Waals surface area contributed by atoms with E-state index in [1.807, 2.05) is 56.3 Å². The van der Waals surface area contributed by atoms with Gasteiger partial charge in [-0.05, 0) is 37.1 Å². The minimum atomic E-state index is -0.279. The minimum Gasteiger partial charge on any atom is -0.497 e. The van der Waals surface area contributed by atoms with E-state index in [4.69, 9.17) is 4.74 Å². The van der Waals surface area contributed by atoms with Gasteiger partial charge in [0.15, 0.2) is 0 Å². The van der Waals surface area contributed by atoms with Gasteiger partial charge in [-0.15, -0.1) is 0 Å². The molecule has 6 nitrogen and oxygen atoms in total. The Kier molecular flexibility index (Phi) is 5.12. The molecular weight excluding hydrogens is 328 g/mol. The first kappa shape index (κ1) is 17.4. The number of aryl methyl sites for hydroxylation is 2. The van der Waals surface area contributed by atoms with Crippen LogP contribution in [0.25, 0.3) is 0 Å². The van der Waals surface area contributed by atoms with E-state index in [-0.39, 0.29) is 11.6 Å². The van der Waals surface area contributed by atoms with E-state index < -0.39 is 0 Å². The van der Waals surface area contributed by atoms with E-state index in [1.54, 1.807) is 13.2 Å². The van der Waals surface area contributed by atoms with Crippen LogP contribution in [0.5, 0.6) is 5.75 Å². The number of carbonyl (C=O) groups is 1. The lowest BCUT2D eigenvalue weighted by atomic mass is 10.1. The fraction of sp³-hybridized carbons (Fsp3) is 0.150. The molecule has 0 saturated carbocycles. The molecule has 0 aliphatic carbocycles. The summed E-state index contributed by atoms with van der Waals surface area (Å²) in [7, 11) is 1.61. The van der Waals surface area contributed by atoms with Gasteiger partial charge in [-0.1, -0.05) is 24.3 Å². The number of ether oxygens (including phenoxy) is 1. The fourth-order valence-corrected chi connectivity index (χ4v) is 2.59. The van der Waals surface area contributed by atoms with Crippen molar-refractivity contribution in [2.75, 3.05) is 17.7 Å². The molecule has 0 saturated heterocycles. The number of hydrogen-bond acceptors (Lipinski definition) is 5. The van der Waals surface area contributed by atoms with Crippen molar-refractivity contribution in [3.63, 3.8) is 0 Å². The van der Waals surface area contributed by atoms with Crippen molar-refractivity contribution in [1.29, 1.82) is 0 Å². The highest BCUT2D eigenvalue weighted by Gasteiger charge is 2.12. The monoisotopic (exact) mass is 348 g/mol. The van der Waals surface area contributed by atoms with Gasteiger partial charge in [-0.2, -0.15) is 0 Å². The van der Waals surface area contributed by atoms with Crippen molar-refractivity contribution in [1.82, 2.24) is 9.97 Å². The molecule has 1 aromatic heterocycles. The zero-order chi connectivity index (χ0) is 18.5. The lowest BCUT2D eigenvalue weighted by Gasteiger charge is -2.12. The first-order chi connectivity index (χ1) is 12.6. The molecule has 0 atom stereocenters. The third-order valence-corrected chi connectivity index (χ3v) is 3.96. The normalized spacial score (nSPS) is 10.3. The summed E-state index contributed by atoms with van der Waals surface area (Å²) < 4.78 is 5.21. The number of anilines is 3. The van der Waals surface area contributed by atoms with Crippen molar-refractivity contribution in [3.05, 3.63) is 71.7 Å². The number of para-hydroxylation sites is 1. The topological polar surface area (TPSA) is 76.1 Å². The molecule has 2 N–H and O–H groups in total. The molecule has 0 aliphatic heterocycles. The van der Waals surface area contributed by atoms with E-state index >= 15 is 0 Å². The second-order valence-electron chi connectivity index (χ2n) is 5.87. The summed E-state index contributed by atoms with van der Waals surface area (Å²) in [5.74, 6) is 0.982. The third-order valence-electron chi connectivity index (χ3n) is 3.96. The number of nitrogens with one attached hydrogen (secondary N) is 2. The molecule has 3 aromatic rings. The maximum atomic E-state index is 12.6. The Labute approximate surface area is 152 Å². The van der Waals surface area contributed by atoms with E-state index in [9.17, 15) is 4.79 Å². The summed E-state index contributed by atoms with van der Waals surface area (Å²) in [6.07, 6.45) is 1.36. The highest BCUT2D eigenvalue weighted by atomic mass is 16.5. The quantitative estimate of drug-likeness (QED) is 0.726. The van der Waals surface area contributed by atoms with Crippen LogP contribution in [0.1, 0.15) is 21.6 Å². The summed E-state index contributed by atoms with van der Waals surface area (Å²) >= 11 is 0. The van der Waals surface area contributed by atoms with Gasteiger partial charge < -0.3 is 15.4 Å². The number of nitrogens with zero attached hydrogens (tertiary/aromatic N) is 2. The number of methoxy groups -OCH3 is 1. The molecule has 1 heterocycles. The molecule has 3 rings (SSSR count). The smallest absolute Gasteiger partial charge is 0.274 e. The Morgan fingerprint density at radius 3 is 2.46 bits per heavy atom. The van der Waals surface area contributed by atoms with Crippen LogP contribution >= 0.6 is 0 Å². The standard InChI is InChI=1S/C20H20N4O2/c1-13-6-4-7-14(2)19(13)24-20(25)17-11-18(22-12-21-17)23-15-8-5-9-16(10-15)26-3/h4-12H,1-3H3,(H,24,25)(H,21,22,23). The average Bonchev–Trinajstić information content (AvgIpc) is 2.65. The predicted molar refractivity (Wildman–Crippen MR) is 102 cm³/mol. The van der Waals surface area contributed by atoms with Crippen molar-refractivity contribution >= 4 is 23.1 Å². The fourth-order valence-electron chi connectivity index (χ4n) is 2.59. The van der Waals surface area contributed by atoms with Crippen LogP contribution < -0.4 is 15.4 Å². The Balaban J connectivity index is 1.79. The predicted octanol–water partition coefficient (Wildman–Crippen LogP) is 4.10. The largest absolute Gasteiger partial charge is 0.497 e. The van der Waals surface area contributed by atoms with Crippen LogP contribution in [0.4, 0.5) is 17.2 Å². The van der Waals surface area contributed by atoms with E-state index in [0.717, 1.165) is 28.3 Å². The van der Waals surface area contributed by atoms with Gasteiger partial charge >= 0.3 is 0 Å². The van der Waals surface area contributed by atoms with Crippen LogP contribution in [0.2, 0.25) is 0 Å². The Morgan fingerprint density at radius 1 is 1.00 bits per heavy atom. The number of amides is 1. The van der Waals surface area contributed by atoms with Crippen LogP contribution in [-0.4, -0.2) is 23.0 Å². The van der Waals surface area contributed by atoms with Gasteiger partial charge in [0.25, 0.3) is 5.91 Å². The van der Waals surface area contributed by atoms with E-state index in [2.05, 4.69) is 20.6 Å². The molecule has 2 aromatic carbocycles. The van der Waals surface area contributed by atoms with Gasteiger partial charge in [0, 0.05) is 23.5 Å². The van der Waals surface area contributed by atoms with Gasteiger partial charge in [0.1, 0.15) is 23.6 Å². The summed E-state index contributed by atoms with van der Waals surface area (Å²) in [6, 6.07) is 14.9. The Bertz CT molecular complexity index is 920. The van der Waals surface area contributed by atoms with Gasteiger partial charge in [0.2, 0.25) is 0 Å². The average molecular weight is 348 g/mol. The molecule has 132 valence electrons. The maximum Gasteiger partial charge on any atom is 0.274 e. The minimum absolute atomic E-state index is 0.279. The second kappa shape index (κ2) is 7.65. The van der Waals surface area contributed by atoms with E-state index in [0.29, 0.717) is 5.82 Å². The first-order valence-corrected chi connectivity index (χ1v) is 8.17. The number of benzene rings is 2. The number of aromatic nitrogens is 2. The highest BCUT2D eigenvalue weighted by Crippen LogP contribution is 2.22. The summed E-state index contributed by atoms with van der Waals surface area (Å²) in [5.41, 5.74) is 3.90. The van der Waals surface area contributed by atoms with Crippen molar-refractivity contribution in [2.45, 2.75) is 13.8 Å². The molecule has 0 unspecified atom stereocenters. The molecular formula is C20H20N4O2. The maximum absolute atomic E-state index is 12.6. The highest BCUT2D eigenvalue weighted by molar-refractivity contribution is 6.04. The Hall–Kier alpha value is -3.41. The number of hydrogen-bond donors (Lipinski definition) is 2. The summed E-state index contributed by atoms with van der Waals surface area (Å²) in [6.45, 7) is 3.91. The molecule has 0 aliphatic rings. The molecule has 1 amide bonds. The SMILES string of the molecule is COc1cccc(Nc2cc(C(=O)Nc3c(C)cccc3C)ncn2)c1. The van der Waals surface area contributed by atoms with Crippen molar-refractivity contribution in [2.24, 2.45) is 0 Å². The van der Waals surface area contributed by atoms with Crippen molar-refractivity contribution in [3.8, 4) is 5.75 Å². The molecule has 0 bridgehead atoms. The number of rotatable bonds is 5. The zero-order valence-corrected chi connectivity index (χ0v) is 14.9. The lowest BCUT2D eigenvalue weighted by Crippen LogP contribution is -2.15. The van der Waals surface area contributed by atoms with Gasteiger partial charge in [-0.25, -0.2) is 9.97 Å². The molecule has 26 heavy (non-hydrogen) atoms. The molecule has 6 heteroatoms. The first-order valence-electron chi connectivity index (χ1n) is 8.17. The summed E-state index contributed by atoms with van der Waals surface area (Å²) in [5, 5.41) is 6.08. The van der Waals surface area contributed by atoms with Crippen LogP contribution in [0.3, 0.4) is 0 Å². The molecule has 0 fully saturated rings. The molecule has 0 spiro atoms. The van der Waals surface area contributed by atoms with Gasteiger partial charge in [0.05, 0.1) is 7.11 Å². The zero-order valence-electron chi connectivity index (χ0n) is 14.9. The Morgan fingerprint density at radius 2 is 1.73 bits per heavy atom. The van der Waals surface area contributed by atoms with Crippen LogP contribution in [0.15, 0.2) is 54.9 Å². The van der Waals surface area contributed by atoms with Crippen molar-refractivity contribution < 1.29 is 9.53 Å². The third kappa shape index (κ3) is 3.97. The summed E-state index contributed by atoms with van der Waals surface area (Å²) in [4.78, 5) is 20.8. The van der Waals surface area contributed by atoms with E-state index in [1.165, 1.54) is 6.33 Å². The van der Waals surface area contributed by atoms with Crippen LogP contribution in [-0.2, 0) is 0 Å². The number of carbonyl (C=O) groups excluding carboxylic acids is 1. The lowest BCUT2D eigenvalue weighted by molar-refractivity contribution is 0.102. The van der Waals surface area contributed by atoms with Crippen LogP contribution in [0, 0.1) is 13.8 Å². The second-order valence-corrected chi connectivity index (χ2v) is 5.87. The van der Waals surface area contributed by atoms with Gasteiger partial charge in [-0.3, -0.25) is 4.79 Å².